The second-order valence-electron chi connectivity index (χ2n) is 4.83. The van der Waals surface area contributed by atoms with Crippen LogP contribution in [0.1, 0.15) is 12.6 Å². The van der Waals surface area contributed by atoms with Gasteiger partial charge in [0.1, 0.15) is 17.3 Å². The highest BCUT2D eigenvalue weighted by molar-refractivity contribution is 5.61. The number of rotatable bonds is 3. The lowest BCUT2D eigenvalue weighted by molar-refractivity contribution is 0.474. The molecule has 0 aliphatic heterocycles. The predicted molar refractivity (Wildman–Crippen MR) is 81.7 cm³/mol. The maximum absolute atomic E-state index is 9.44. The van der Waals surface area contributed by atoms with Crippen LogP contribution in [0.2, 0.25) is 0 Å². The van der Waals surface area contributed by atoms with Crippen LogP contribution in [0.4, 0.5) is 0 Å². The first-order valence-corrected chi connectivity index (χ1v) is 6.84. The van der Waals surface area contributed by atoms with Crippen molar-refractivity contribution in [2.45, 2.75) is 13.3 Å². The molecule has 0 amide bonds. The third kappa shape index (κ3) is 2.48. The molecule has 0 atom stereocenters. The standard InChI is InChI=1S/C17H16N2O2/c1-2-13-11-18-17(12-3-7-15(20)8-4-12)19(13)14-5-9-16(21)10-6-14/h3-11,20-21H,2H2,1H3. The van der Waals surface area contributed by atoms with E-state index in [0.717, 1.165) is 29.2 Å². The Kier molecular flexibility index (Phi) is 3.36. The van der Waals surface area contributed by atoms with Gasteiger partial charge in [-0.3, -0.25) is 4.57 Å². The molecule has 2 aromatic carbocycles. The second-order valence-corrected chi connectivity index (χ2v) is 4.83. The van der Waals surface area contributed by atoms with Crippen molar-refractivity contribution >= 4 is 0 Å². The molecule has 3 aromatic rings. The normalized spacial score (nSPS) is 10.7. The van der Waals surface area contributed by atoms with Gasteiger partial charge in [-0.15, -0.1) is 0 Å². The van der Waals surface area contributed by atoms with Gasteiger partial charge in [0, 0.05) is 23.1 Å². The predicted octanol–water partition coefficient (Wildman–Crippen LogP) is 3.51. The van der Waals surface area contributed by atoms with Crippen molar-refractivity contribution in [2.24, 2.45) is 0 Å². The Bertz CT molecular complexity index is 743. The molecular formula is C17H16N2O2. The molecule has 4 nitrogen and oxygen atoms in total. The zero-order valence-corrected chi connectivity index (χ0v) is 11.7. The summed E-state index contributed by atoms with van der Waals surface area (Å²) < 4.78 is 2.06. The van der Waals surface area contributed by atoms with Gasteiger partial charge in [-0.05, 0) is 55.0 Å². The summed E-state index contributed by atoms with van der Waals surface area (Å²) in [4.78, 5) is 4.50. The number of benzene rings is 2. The zero-order chi connectivity index (χ0) is 14.8. The van der Waals surface area contributed by atoms with E-state index in [1.807, 2.05) is 30.5 Å². The first-order chi connectivity index (χ1) is 10.2. The summed E-state index contributed by atoms with van der Waals surface area (Å²) in [6.07, 6.45) is 2.71. The van der Waals surface area contributed by atoms with Crippen molar-refractivity contribution in [1.29, 1.82) is 0 Å². The summed E-state index contributed by atoms with van der Waals surface area (Å²) in [5.41, 5.74) is 2.97. The molecule has 0 saturated carbocycles. The van der Waals surface area contributed by atoms with Gasteiger partial charge in [0.25, 0.3) is 0 Å². The average Bonchev–Trinajstić information content (AvgIpc) is 2.93. The molecule has 1 heterocycles. The van der Waals surface area contributed by atoms with E-state index in [2.05, 4.69) is 16.5 Å². The number of aryl methyl sites for hydroxylation is 1. The fourth-order valence-corrected chi connectivity index (χ4v) is 2.34. The fraction of sp³-hybridized carbons (Fsp3) is 0.118. The Labute approximate surface area is 123 Å². The molecule has 0 aliphatic rings. The number of phenols is 2. The Morgan fingerprint density at radius 1 is 0.905 bits per heavy atom. The van der Waals surface area contributed by atoms with Gasteiger partial charge in [-0.1, -0.05) is 6.92 Å². The molecule has 1 aromatic heterocycles. The first-order valence-electron chi connectivity index (χ1n) is 6.84. The van der Waals surface area contributed by atoms with E-state index < -0.39 is 0 Å². The van der Waals surface area contributed by atoms with Crippen molar-refractivity contribution < 1.29 is 10.2 Å². The molecule has 0 bridgehead atoms. The molecule has 21 heavy (non-hydrogen) atoms. The molecule has 2 N–H and O–H groups in total. The maximum atomic E-state index is 9.44. The highest BCUT2D eigenvalue weighted by Crippen LogP contribution is 2.26. The number of nitrogens with zero attached hydrogens (tertiary/aromatic N) is 2. The Morgan fingerprint density at radius 3 is 2.05 bits per heavy atom. The number of hydrogen-bond acceptors (Lipinski definition) is 3. The third-order valence-electron chi connectivity index (χ3n) is 3.43. The van der Waals surface area contributed by atoms with Gasteiger partial charge in [0.15, 0.2) is 0 Å². The first kappa shape index (κ1) is 13.2. The van der Waals surface area contributed by atoms with Crippen molar-refractivity contribution in [3.8, 4) is 28.6 Å². The summed E-state index contributed by atoms with van der Waals surface area (Å²) in [6.45, 7) is 2.08. The Morgan fingerprint density at radius 2 is 1.48 bits per heavy atom. The molecule has 0 fully saturated rings. The van der Waals surface area contributed by atoms with Crippen molar-refractivity contribution in [1.82, 2.24) is 9.55 Å². The van der Waals surface area contributed by atoms with E-state index in [1.165, 1.54) is 0 Å². The average molecular weight is 280 g/mol. The third-order valence-corrected chi connectivity index (χ3v) is 3.43. The van der Waals surface area contributed by atoms with E-state index in [9.17, 15) is 10.2 Å². The van der Waals surface area contributed by atoms with Gasteiger partial charge >= 0.3 is 0 Å². The SMILES string of the molecule is CCc1cnc(-c2ccc(O)cc2)n1-c1ccc(O)cc1. The fourth-order valence-electron chi connectivity index (χ4n) is 2.34. The smallest absolute Gasteiger partial charge is 0.144 e. The molecule has 0 saturated heterocycles. The van der Waals surface area contributed by atoms with Crippen LogP contribution in [-0.2, 0) is 6.42 Å². The van der Waals surface area contributed by atoms with Gasteiger partial charge in [0.2, 0.25) is 0 Å². The molecule has 106 valence electrons. The Balaban J connectivity index is 2.16. The molecule has 0 unspecified atom stereocenters. The van der Waals surface area contributed by atoms with Crippen LogP contribution >= 0.6 is 0 Å². The van der Waals surface area contributed by atoms with E-state index in [0.29, 0.717) is 0 Å². The van der Waals surface area contributed by atoms with Crippen LogP contribution in [0.5, 0.6) is 11.5 Å². The monoisotopic (exact) mass is 280 g/mol. The van der Waals surface area contributed by atoms with Crippen molar-refractivity contribution in [3.05, 3.63) is 60.4 Å². The topological polar surface area (TPSA) is 58.3 Å². The molecule has 0 aliphatic carbocycles. The lowest BCUT2D eigenvalue weighted by Crippen LogP contribution is -2.01. The van der Waals surface area contributed by atoms with Crippen LogP contribution in [0.3, 0.4) is 0 Å². The number of imidazole rings is 1. The van der Waals surface area contributed by atoms with Crippen molar-refractivity contribution in [3.63, 3.8) is 0 Å². The van der Waals surface area contributed by atoms with Crippen LogP contribution in [0.25, 0.3) is 17.1 Å². The minimum atomic E-state index is 0.234. The number of hydrogen-bond donors (Lipinski definition) is 2. The number of phenolic OH excluding ortho intramolecular Hbond substituents is 2. The van der Waals surface area contributed by atoms with E-state index >= 15 is 0 Å². The summed E-state index contributed by atoms with van der Waals surface area (Å²) in [5, 5.41) is 18.9. The molecule has 0 spiro atoms. The summed E-state index contributed by atoms with van der Waals surface area (Å²) in [5.74, 6) is 1.29. The largest absolute Gasteiger partial charge is 0.508 e. The van der Waals surface area contributed by atoms with Crippen molar-refractivity contribution in [2.75, 3.05) is 0 Å². The van der Waals surface area contributed by atoms with Gasteiger partial charge in [-0.25, -0.2) is 4.98 Å². The maximum Gasteiger partial charge on any atom is 0.144 e. The number of aromatic hydroxyl groups is 2. The molecule has 4 heteroatoms. The highest BCUT2D eigenvalue weighted by atomic mass is 16.3. The summed E-state index contributed by atoms with van der Waals surface area (Å²) in [7, 11) is 0. The lowest BCUT2D eigenvalue weighted by Gasteiger charge is -2.11. The minimum Gasteiger partial charge on any atom is -0.508 e. The lowest BCUT2D eigenvalue weighted by atomic mass is 10.2. The summed E-state index contributed by atoms with van der Waals surface area (Å²) >= 11 is 0. The van der Waals surface area contributed by atoms with E-state index in [4.69, 9.17) is 0 Å². The second kappa shape index (κ2) is 5.32. The number of aromatic nitrogens is 2. The van der Waals surface area contributed by atoms with Crippen LogP contribution in [0, 0.1) is 0 Å². The zero-order valence-electron chi connectivity index (χ0n) is 11.7. The van der Waals surface area contributed by atoms with Crippen LogP contribution in [-0.4, -0.2) is 19.8 Å². The van der Waals surface area contributed by atoms with Gasteiger partial charge in [0.05, 0.1) is 0 Å². The molecule has 0 radical (unpaired) electrons. The Hall–Kier alpha value is -2.75. The van der Waals surface area contributed by atoms with E-state index in [1.54, 1.807) is 24.3 Å². The quantitative estimate of drug-likeness (QED) is 0.771. The van der Waals surface area contributed by atoms with Crippen LogP contribution in [0.15, 0.2) is 54.7 Å². The van der Waals surface area contributed by atoms with Gasteiger partial charge in [-0.2, -0.15) is 0 Å². The van der Waals surface area contributed by atoms with Gasteiger partial charge < -0.3 is 10.2 Å². The minimum absolute atomic E-state index is 0.234. The van der Waals surface area contributed by atoms with E-state index in [-0.39, 0.29) is 11.5 Å². The van der Waals surface area contributed by atoms with Crippen LogP contribution < -0.4 is 0 Å². The highest BCUT2D eigenvalue weighted by Gasteiger charge is 2.12. The molecular weight excluding hydrogens is 264 g/mol. The molecule has 3 rings (SSSR count). The summed E-state index contributed by atoms with van der Waals surface area (Å²) in [6, 6.07) is 14.0.